The molecular weight excluding hydrogens is 675 g/mol. The highest BCUT2D eigenvalue weighted by atomic mass is 15.3. The Labute approximate surface area is 316 Å². The SMILES string of the molecule is c1ccc(C2=NC(c3ccccc3)NC(n3c4ccccc4c4cc5c6c(nc(-c7ccccc7)n6-c6ccccc6)n(-c6ccccc6)c5cc43)=N2)cc1. The maximum Gasteiger partial charge on any atom is 0.211 e. The predicted molar refractivity (Wildman–Crippen MR) is 224 cm³/mol. The smallest absolute Gasteiger partial charge is 0.211 e. The molecule has 55 heavy (non-hydrogen) atoms. The van der Waals surface area contributed by atoms with Crippen LogP contribution in [-0.2, 0) is 0 Å². The molecule has 11 rings (SSSR count). The largest absolute Gasteiger partial charge is 0.330 e. The molecule has 0 radical (unpaired) electrons. The van der Waals surface area contributed by atoms with Gasteiger partial charge in [0, 0.05) is 38.7 Å². The highest BCUT2D eigenvalue weighted by Crippen LogP contribution is 2.41. The van der Waals surface area contributed by atoms with Crippen LogP contribution in [0.3, 0.4) is 0 Å². The third-order valence-electron chi connectivity index (χ3n) is 10.5. The summed E-state index contributed by atoms with van der Waals surface area (Å²) in [6, 6.07) is 65.4. The fraction of sp³-hybridized carbons (Fsp3) is 0.0208. The van der Waals surface area contributed by atoms with Crippen LogP contribution in [0.15, 0.2) is 198 Å². The number of rotatable bonds is 5. The summed E-state index contributed by atoms with van der Waals surface area (Å²) >= 11 is 0. The molecule has 1 aliphatic rings. The Morgan fingerprint density at radius 1 is 0.455 bits per heavy atom. The zero-order valence-electron chi connectivity index (χ0n) is 29.7. The van der Waals surface area contributed by atoms with Gasteiger partial charge in [0.25, 0.3) is 0 Å². The lowest BCUT2D eigenvalue weighted by Gasteiger charge is -2.24. The van der Waals surface area contributed by atoms with Crippen molar-refractivity contribution in [2.75, 3.05) is 0 Å². The van der Waals surface area contributed by atoms with Crippen molar-refractivity contribution in [1.82, 2.24) is 24.0 Å². The Balaban J connectivity index is 1.24. The summed E-state index contributed by atoms with van der Waals surface area (Å²) in [7, 11) is 0. The molecule has 260 valence electrons. The highest BCUT2D eigenvalue weighted by Gasteiger charge is 2.27. The van der Waals surface area contributed by atoms with E-state index < -0.39 is 0 Å². The quantitative estimate of drug-likeness (QED) is 0.194. The standard InChI is InChI=1S/C48H33N7/c1-6-18-32(19-7-1)44-49-45(33-20-8-2-9-21-33)51-48(50-44)55-40-29-17-16-28-37(40)38-30-39-42(31-41(38)55)53(35-24-12-4-13-25-35)47-43(39)54(36-26-14-5-15-27-36)46(52-47)34-22-10-3-11-23-34/h1-31,44H,(H,49,50,51). The molecule has 1 N–H and O–H groups in total. The Hall–Kier alpha value is -7.51. The third kappa shape index (κ3) is 5.01. The average molecular weight is 708 g/mol. The molecular formula is C48H33N7. The molecule has 1 unspecified atom stereocenters. The fourth-order valence-corrected chi connectivity index (χ4v) is 8.05. The molecule has 0 saturated heterocycles. The molecule has 10 aromatic rings. The summed E-state index contributed by atoms with van der Waals surface area (Å²) in [5, 5.41) is 7.11. The zero-order chi connectivity index (χ0) is 36.3. The van der Waals surface area contributed by atoms with Crippen LogP contribution in [-0.4, -0.2) is 30.5 Å². The first-order chi connectivity index (χ1) is 27.3. The van der Waals surface area contributed by atoms with E-state index in [4.69, 9.17) is 15.0 Å². The first kappa shape index (κ1) is 31.1. The third-order valence-corrected chi connectivity index (χ3v) is 10.5. The Morgan fingerprint density at radius 2 is 1.02 bits per heavy atom. The number of aliphatic imine (C=N–C) groups is 2. The van der Waals surface area contributed by atoms with Gasteiger partial charge in [-0.1, -0.05) is 146 Å². The van der Waals surface area contributed by atoms with Gasteiger partial charge in [0.2, 0.25) is 5.96 Å². The number of amidine groups is 1. The number of hydrogen-bond donors (Lipinski definition) is 1. The van der Waals surface area contributed by atoms with Gasteiger partial charge in [-0.2, -0.15) is 4.99 Å². The van der Waals surface area contributed by atoms with Crippen LogP contribution in [0.25, 0.3) is 66.6 Å². The van der Waals surface area contributed by atoms with E-state index in [9.17, 15) is 0 Å². The number of nitrogens with zero attached hydrogens (tertiary/aromatic N) is 6. The predicted octanol–water partition coefficient (Wildman–Crippen LogP) is 10.7. The normalized spacial score (nSPS) is 14.4. The molecule has 1 atom stereocenters. The number of nitrogens with one attached hydrogen (secondary N) is 1. The maximum atomic E-state index is 5.48. The molecule has 1 aliphatic heterocycles. The summed E-state index contributed by atoms with van der Waals surface area (Å²) in [6.45, 7) is 0. The number of aromatic nitrogens is 4. The van der Waals surface area contributed by atoms with Crippen molar-refractivity contribution in [1.29, 1.82) is 0 Å². The van der Waals surface area contributed by atoms with Crippen molar-refractivity contribution in [3.8, 4) is 22.8 Å². The number of fused-ring (bicyclic) bond motifs is 6. The van der Waals surface area contributed by atoms with E-state index in [0.29, 0.717) is 11.8 Å². The van der Waals surface area contributed by atoms with E-state index in [1.54, 1.807) is 0 Å². The van der Waals surface area contributed by atoms with E-state index in [2.05, 4.69) is 177 Å². The van der Waals surface area contributed by atoms with Gasteiger partial charge in [0.1, 0.15) is 17.5 Å². The highest BCUT2D eigenvalue weighted by molar-refractivity contribution is 6.22. The molecule has 0 amide bonds. The van der Waals surface area contributed by atoms with Gasteiger partial charge >= 0.3 is 0 Å². The lowest BCUT2D eigenvalue weighted by molar-refractivity contribution is 0.661. The molecule has 0 aliphatic carbocycles. The second kappa shape index (κ2) is 12.6. The first-order valence-corrected chi connectivity index (χ1v) is 18.5. The van der Waals surface area contributed by atoms with Gasteiger partial charge in [-0.25, -0.2) is 9.98 Å². The van der Waals surface area contributed by atoms with Crippen LogP contribution in [0, 0.1) is 0 Å². The van der Waals surface area contributed by atoms with Crippen LogP contribution in [0.1, 0.15) is 17.3 Å². The first-order valence-electron chi connectivity index (χ1n) is 18.5. The van der Waals surface area contributed by atoms with E-state index in [1.165, 1.54) is 0 Å². The second-order valence-corrected chi connectivity index (χ2v) is 13.8. The van der Waals surface area contributed by atoms with Gasteiger partial charge in [-0.05, 0) is 48.0 Å². The maximum absolute atomic E-state index is 5.48. The molecule has 7 nitrogen and oxygen atoms in total. The minimum absolute atomic E-state index is 0.328. The van der Waals surface area contributed by atoms with Crippen LogP contribution < -0.4 is 5.32 Å². The van der Waals surface area contributed by atoms with Crippen molar-refractivity contribution in [2.45, 2.75) is 6.17 Å². The van der Waals surface area contributed by atoms with Gasteiger partial charge < -0.3 is 5.32 Å². The van der Waals surface area contributed by atoms with Crippen molar-refractivity contribution in [3.05, 3.63) is 199 Å². The van der Waals surface area contributed by atoms with Crippen molar-refractivity contribution < 1.29 is 0 Å². The molecule has 0 bridgehead atoms. The van der Waals surface area contributed by atoms with Gasteiger partial charge in [0.15, 0.2) is 11.5 Å². The zero-order valence-corrected chi connectivity index (χ0v) is 29.7. The van der Waals surface area contributed by atoms with E-state index >= 15 is 0 Å². The van der Waals surface area contributed by atoms with Crippen LogP contribution in [0.4, 0.5) is 0 Å². The Morgan fingerprint density at radius 3 is 1.71 bits per heavy atom. The van der Waals surface area contributed by atoms with Crippen LogP contribution >= 0.6 is 0 Å². The topological polar surface area (TPSA) is 64.4 Å². The monoisotopic (exact) mass is 707 g/mol. The fourth-order valence-electron chi connectivity index (χ4n) is 8.05. The Kier molecular flexibility index (Phi) is 7.10. The Bertz CT molecular complexity index is 3090. The lowest BCUT2D eigenvalue weighted by atomic mass is 10.1. The van der Waals surface area contributed by atoms with Gasteiger partial charge in [-0.15, -0.1) is 0 Å². The molecule has 7 heteroatoms. The lowest BCUT2D eigenvalue weighted by Crippen LogP contribution is -2.37. The molecule has 4 heterocycles. The summed E-state index contributed by atoms with van der Waals surface area (Å²) in [4.78, 5) is 15.9. The minimum atomic E-state index is -0.328. The van der Waals surface area contributed by atoms with Crippen molar-refractivity contribution in [3.63, 3.8) is 0 Å². The number of para-hydroxylation sites is 3. The van der Waals surface area contributed by atoms with Crippen LogP contribution in [0.5, 0.6) is 0 Å². The summed E-state index contributed by atoms with van der Waals surface area (Å²) in [6.07, 6.45) is -0.328. The summed E-state index contributed by atoms with van der Waals surface area (Å²) in [5.41, 5.74) is 10.3. The van der Waals surface area contributed by atoms with Crippen molar-refractivity contribution in [2.24, 2.45) is 9.98 Å². The number of imidazole rings is 1. The molecule has 0 spiro atoms. The minimum Gasteiger partial charge on any atom is -0.330 e. The van der Waals surface area contributed by atoms with Crippen LogP contribution in [0.2, 0.25) is 0 Å². The molecule has 7 aromatic carbocycles. The van der Waals surface area contributed by atoms with E-state index in [0.717, 1.165) is 77.8 Å². The summed E-state index contributed by atoms with van der Waals surface area (Å²) in [5.74, 6) is 2.29. The molecule has 0 saturated carbocycles. The van der Waals surface area contributed by atoms with Gasteiger partial charge in [0.05, 0.1) is 16.6 Å². The van der Waals surface area contributed by atoms with E-state index in [-0.39, 0.29) is 6.17 Å². The van der Waals surface area contributed by atoms with E-state index in [1.807, 2.05) is 30.3 Å². The second-order valence-electron chi connectivity index (χ2n) is 13.8. The molecule has 3 aromatic heterocycles. The number of hydrogen-bond acceptors (Lipinski definition) is 4. The van der Waals surface area contributed by atoms with Gasteiger partial charge in [-0.3, -0.25) is 13.7 Å². The number of benzene rings is 7. The average Bonchev–Trinajstić information content (AvgIpc) is 3.91. The van der Waals surface area contributed by atoms with Crippen molar-refractivity contribution >= 4 is 55.7 Å². The molecule has 0 fully saturated rings. The summed E-state index contributed by atoms with van der Waals surface area (Å²) < 4.78 is 6.88.